The smallest absolute Gasteiger partial charge is 0.265 e. The van der Waals surface area contributed by atoms with Crippen molar-refractivity contribution in [1.82, 2.24) is 14.7 Å². The number of thiophene rings is 1. The molecule has 1 aliphatic heterocycles. The van der Waals surface area contributed by atoms with Gasteiger partial charge in [-0.15, -0.1) is 11.3 Å². The Bertz CT molecular complexity index is 1210. The van der Waals surface area contributed by atoms with Crippen molar-refractivity contribution in [1.29, 1.82) is 0 Å². The van der Waals surface area contributed by atoms with Crippen LogP contribution in [0.4, 0.5) is 5.69 Å². The van der Waals surface area contributed by atoms with Gasteiger partial charge in [0.25, 0.3) is 5.91 Å². The third kappa shape index (κ3) is 4.60. The molecule has 0 atom stereocenters. The topological polar surface area (TPSA) is 59.4 Å². The van der Waals surface area contributed by atoms with Crippen molar-refractivity contribution >= 4 is 33.1 Å². The van der Waals surface area contributed by atoms with Crippen LogP contribution in [0.25, 0.3) is 10.2 Å². The first-order chi connectivity index (χ1) is 15.7. The number of aromatic nitrogens is 2. The molecule has 0 radical (unpaired) electrons. The highest BCUT2D eigenvalue weighted by Gasteiger charge is 2.17. The number of rotatable bonds is 6. The second-order valence-corrected chi connectivity index (χ2v) is 9.13. The van der Waals surface area contributed by atoms with Gasteiger partial charge in [-0.1, -0.05) is 42.5 Å². The number of hydrogen-bond donors (Lipinski definition) is 1. The number of fused-ring (bicyclic) bond motifs is 1. The minimum atomic E-state index is -0.0854. The maximum absolute atomic E-state index is 12.9. The van der Waals surface area contributed by atoms with Crippen LogP contribution in [-0.2, 0) is 17.8 Å². The number of aryl methyl sites for hydroxylation is 1. The lowest BCUT2D eigenvalue weighted by Gasteiger charge is -2.26. The zero-order valence-corrected chi connectivity index (χ0v) is 18.9. The van der Waals surface area contributed by atoms with E-state index in [9.17, 15) is 4.79 Å². The second kappa shape index (κ2) is 9.24. The monoisotopic (exact) mass is 446 g/mol. The van der Waals surface area contributed by atoms with Crippen molar-refractivity contribution in [2.45, 2.75) is 20.0 Å². The minimum absolute atomic E-state index is 0.0854. The largest absolute Gasteiger partial charge is 0.379 e. The van der Waals surface area contributed by atoms with Gasteiger partial charge < -0.3 is 10.1 Å². The summed E-state index contributed by atoms with van der Waals surface area (Å²) in [5.41, 5.74) is 4.18. The Labute approximate surface area is 191 Å². The quantitative estimate of drug-likeness (QED) is 0.472. The molecule has 5 rings (SSSR count). The van der Waals surface area contributed by atoms with E-state index in [-0.39, 0.29) is 5.91 Å². The number of nitrogens with one attached hydrogen (secondary N) is 1. The minimum Gasteiger partial charge on any atom is -0.379 e. The fraction of sp³-hybridized carbons (Fsp3) is 0.280. The van der Waals surface area contributed by atoms with Gasteiger partial charge >= 0.3 is 0 Å². The molecule has 0 unspecified atom stereocenters. The average Bonchev–Trinajstić information content (AvgIpc) is 3.38. The van der Waals surface area contributed by atoms with Crippen LogP contribution in [0.1, 0.15) is 26.5 Å². The van der Waals surface area contributed by atoms with Gasteiger partial charge in [0, 0.05) is 30.7 Å². The highest BCUT2D eigenvalue weighted by atomic mass is 32.1. The van der Waals surface area contributed by atoms with Gasteiger partial charge in [-0.25, -0.2) is 0 Å². The second-order valence-electron chi connectivity index (χ2n) is 8.10. The third-order valence-electron chi connectivity index (χ3n) is 5.73. The highest BCUT2D eigenvalue weighted by Crippen LogP contribution is 2.29. The lowest BCUT2D eigenvalue weighted by molar-refractivity contribution is 0.0342. The Kier molecular flexibility index (Phi) is 6.03. The number of amides is 1. The van der Waals surface area contributed by atoms with Crippen LogP contribution in [0.5, 0.6) is 0 Å². The first-order valence-electron chi connectivity index (χ1n) is 10.9. The molecule has 7 heteroatoms. The predicted octanol–water partition coefficient (Wildman–Crippen LogP) is 4.54. The fourth-order valence-electron chi connectivity index (χ4n) is 3.99. The van der Waals surface area contributed by atoms with E-state index in [4.69, 9.17) is 4.74 Å². The zero-order valence-electron chi connectivity index (χ0n) is 18.1. The summed E-state index contributed by atoms with van der Waals surface area (Å²) >= 11 is 1.49. The van der Waals surface area contributed by atoms with Crippen molar-refractivity contribution in [3.8, 4) is 0 Å². The molecule has 0 spiro atoms. The number of morpholine rings is 1. The average molecular weight is 447 g/mol. The maximum Gasteiger partial charge on any atom is 0.265 e. The number of nitrogens with zero attached hydrogens (tertiary/aromatic N) is 3. The Morgan fingerprint density at radius 2 is 1.75 bits per heavy atom. The number of carbonyl (C=O) groups is 1. The summed E-state index contributed by atoms with van der Waals surface area (Å²) in [6.07, 6.45) is 0. The number of benzene rings is 2. The molecule has 2 aromatic heterocycles. The molecule has 1 aliphatic rings. The molecule has 164 valence electrons. The molecule has 0 bridgehead atoms. The van der Waals surface area contributed by atoms with E-state index >= 15 is 0 Å². The number of ether oxygens (including phenoxy) is 1. The third-order valence-corrected chi connectivity index (χ3v) is 6.88. The lowest BCUT2D eigenvalue weighted by Crippen LogP contribution is -2.35. The normalized spacial score (nSPS) is 14.7. The fourth-order valence-corrected chi connectivity index (χ4v) is 5.05. The van der Waals surface area contributed by atoms with Crippen molar-refractivity contribution in [3.05, 3.63) is 82.4 Å². The molecule has 6 nitrogen and oxygen atoms in total. The van der Waals surface area contributed by atoms with E-state index in [1.54, 1.807) is 0 Å². The van der Waals surface area contributed by atoms with Gasteiger partial charge in [0.15, 0.2) is 0 Å². The molecule has 1 N–H and O–H groups in total. The van der Waals surface area contributed by atoms with Crippen LogP contribution in [0.3, 0.4) is 0 Å². The molecule has 0 aliphatic carbocycles. The molecular weight excluding hydrogens is 420 g/mol. The summed E-state index contributed by atoms with van der Waals surface area (Å²) in [6.45, 7) is 7.11. The van der Waals surface area contributed by atoms with Crippen molar-refractivity contribution in [3.63, 3.8) is 0 Å². The van der Waals surface area contributed by atoms with Crippen LogP contribution in [-0.4, -0.2) is 46.9 Å². The molecule has 1 fully saturated rings. The first kappa shape index (κ1) is 20.9. The van der Waals surface area contributed by atoms with E-state index in [2.05, 4.69) is 39.6 Å². The Balaban J connectivity index is 1.28. The Morgan fingerprint density at radius 3 is 2.50 bits per heavy atom. The lowest BCUT2D eigenvalue weighted by atomic mass is 10.2. The van der Waals surface area contributed by atoms with E-state index in [1.165, 1.54) is 22.5 Å². The van der Waals surface area contributed by atoms with Gasteiger partial charge in [-0.2, -0.15) is 5.10 Å². The Hall–Kier alpha value is -3.00. The molecule has 0 saturated carbocycles. The summed E-state index contributed by atoms with van der Waals surface area (Å²) in [6, 6.07) is 20.3. The Morgan fingerprint density at radius 1 is 1.03 bits per heavy atom. The summed E-state index contributed by atoms with van der Waals surface area (Å²) < 4.78 is 7.40. The summed E-state index contributed by atoms with van der Waals surface area (Å²) in [5.74, 6) is -0.0854. The molecule has 3 heterocycles. The molecule has 1 amide bonds. The molecule has 1 saturated heterocycles. The van der Waals surface area contributed by atoms with Gasteiger partial charge in [0.2, 0.25) is 0 Å². The summed E-state index contributed by atoms with van der Waals surface area (Å²) in [5, 5.41) is 8.75. The summed E-state index contributed by atoms with van der Waals surface area (Å²) in [7, 11) is 0. The summed E-state index contributed by atoms with van der Waals surface area (Å²) in [4.78, 5) is 17.0. The van der Waals surface area contributed by atoms with Crippen molar-refractivity contribution in [2.24, 2.45) is 0 Å². The van der Waals surface area contributed by atoms with E-state index in [1.807, 2.05) is 48.0 Å². The SMILES string of the molecule is Cc1nn(Cc2ccccc2)c2sc(C(=O)Nc3ccc(CN4CCOCC4)cc3)cc12. The first-order valence-corrected chi connectivity index (χ1v) is 11.7. The van der Waals surface area contributed by atoms with E-state index in [0.717, 1.165) is 54.4 Å². The van der Waals surface area contributed by atoms with E-state index < -0.39 is 0 Å². The molecule has 2 aromatic carbocycles. The number of anilines is 1. The van der Waals surface area contributed by atoms with Crippen LogP contribution in [0, 0.1) is 6.92 Å². The number of hydrogen-bond acceptors (Lipinski definition) is 5. The molecule has 32 heavy (non-hydrogen) atoms. The van der Waals surface area contributed by atoms with E-state index in [0.29, 0.717) is 11.4 Å². The van der Waals surface area contributed by atoms with Crippen LogP contribution >= 0.6 is 11.3 Å². The van der Waals surface area contributed by atoms with Gasteiger partial charge in [0.05, 0.1) is 30.3 Å². The van der Waals surface area contributed by atoms with Crippen LogP contribution in [0.15, 0.2) is 60.7 Å². The van der Waals surface area contributed by atoms with Crippen LogP contribution in [0.2, 0.25) is 0 Å². The maximum atomic E-state index is 12.9. The van der Waals surface area contributed by atoms with Crippen molar-refractivity contribution in [2.75, 3.05) is 31.6 Å². The standard InChI is InChI=1S/C25H26N4O2S/c1-18-22-15-23(32-25(22)29(27-18)17-19-5-3-2-4-6-19)24(30)26-21-9-7-20(8-10-21)16-28-11-13-31-14-12-28/h2-10,15H,11-14,16-17H2,1H3,(H,26,30). The zero-order chi connectivity index (χ0) is 21.9. The van der Waals surface area contributed by atoms with Gasteiger partial charge in [-0.05, 0) is 36.2 Å². The highest BCUT2D eigenvalue weighted by molar-refractivity contribution is 7.20. The number of carbonyl (C=O) groups excluding carboxylic acids is 1. The van der Waals surface area contributed by atoms with Gasteiger partial charge in [0.1, 0.15) is 4.83 Å². The predicted molar refractivity (Wildman–Crippen MR) is 128 cm³/mol. The van der Waals surface area contributed by atoms with Crippen LogP contribution < -0.4 is 5.32 Å². The van der Waals surface area contributed by atoms with Crippen molar-refractivity contribution < 1.29 is 9.53 Å². The van der Waals surface area contributed by atoms with Gasteiger partial charge in [-0.3, -0.25) is 14.4 Å². The molecule has 4 aromatic rings. The molecular formula is C25H26N4O2S.